The molecule has 0 saturated heterocycles. The minimum Gasteiger partial charge on any atom is -0.392 e. The van der Waals surface area contributed by atoms with E-state index in [0.29, 0.717) is 17.8 Å². The molecule has 1 saturated carbocycles. The first kappa shape index (κ1) is 20.7. The molecule has 0 radical (unpaired) electrons. The third-order valence-corrected chi connectivity index (χ3v) is 6.14. The molecule has 0 unspecified atom stereocenters. The minimum atomic E-state index is -0.111. The zero-order valence-corrected chi connectivity index (χ0v) is 16.9. The Balaban J connectivity index is 1.69. The van der Waals surface area contributed by atoms with Gasteiger partial charge in [-0.3, -0.25) is 0 Å². The minimum absolute atomic E-state index is 0.111. The number of rotatable bonds is 12. The summed E-state index contributed by atoms with van der Waals surface area (Å²) in [6.45, 7) is 3.47. The maximum Gasteiger partial charge on any atom is 0.0611 e. The number of allylic oxidation sites excluding steroid dienone is 3. The van der Waals surface area contributed by atoms with Crippen molar-refractivity contribution >= 4 is 0 Å². The highest BCUT2D eigenvalue weighted by Gasteiger charge is 2.42. The molecular weight excluding hydrogens is 306 g/mol. The maximum atomic E-state index is 10.4. The van der Waals surface area contributed by atoms with Crippen LogP contribution >= 0.6 is 0 Å². The molecule has 144 valence electrons. The first-order chi connectivity index (χ1) is 12.1. The number of fused-ring (bicyclic) bond motifs is 1. The van der Waals surface area contributed by atoms with Gasteiger partial charge in [0.2, 0.25) is 0 Å². The smallest absolute Gasteiger partial charge is 0.0611 e. The van der Waals surface area contributed by atoms with E-state index in [2.05, 4.69) is 44.1 Å². The number of hydrogen-bond acceptors (Lipinski definition) is 2. The van der Waals surface area contributed by atoms with Gasteiger partial charge in [0.05, 0.1) is 6.10 Å². The van der Waals surface area contributed by atoms with E-state index >= 15 is 0 Å². The Labute approximate surface area is 156 Å². The Morgan fingerprint density at radius 2 is 1.92 bits per heavy atom. The molecule has 0 heterocycles. The van der Waals surface area contributed by atoms with Crippen molar-refractivity contribution in [2.24, 2.45) is 17.8 Å². The van der Waals surface area contributed by atoms with Crippen molar-refractivity contribution in [1.82, 2.24) is 4.90 Å². The van der Waals surface area contributed by atoms with Crippen molar-refractivity contribution in [3.05, 3.63) is 23.8 Å². The Morgan fingerprint density at radius 3 is 2.68 bits per heavy atom. The highest BCUT2D eigenvalue weighted by atomic mass is 16.3. The fourth-order valence-electron chi connectivity index (χ4n) is 4.69. The molecule has 0 aromatic rings. The van der Waals surface area contributed by atoms with E-state index < -0.39 is 0 Å². The summed E-state index contributed by atoms with van der Waals surface area (Å²) in [5, 5.41) is 10.4. The van der Waals surface area contributed by atoms with Crippen LogP contribution in [0.25, 0.3) is 0 Å². The lowest BCUT2D eigenvalue weighted by atomic mass is 9.88. The van der Waals surface area contributed by atoms with Gasteiger partial charge in [-0.25, -0.2) is 0 Å². The molecule has 2 heteroatoms. The van der Waals surface area contributed by atoms with E-state index in [0.717, 1.165) is 6.42 Å². The number of aliphatic hydroxyl groups is 1. The van der Waals surface area contributed by atoms with Gasteiger partial charge in [-0.2, -0.15) is 0 Å². The lowest BCUT2D eigenvalue weighted by Crippen LogP contribution is -2.17. The standard InChI is InChI=1S/C23H41NO/c1-4-5-6-7-8-11-14-21-22-17-19(16-20(22)18-23(21)25)13-10-9-12-15-24(2)3/h11,14,16,20-23,25H,4-10,12-13,15,17-18H2,1-3H3/t20-,21+,22-,23+/m0/s1. The molecule has 25 heavy (non-hydrogen) atoms. The number of unbranched alkanes of at least 4 members (excludes halogenated alkanes) is 6. The van der Waals surface area contributed by atoms with Gasteiger partial charge in [0.1, 0.15) is 0 Å². The van der Waals surface area contributed by atoms with Crippen molar-refractivity contribution in [1.29, 1.82) is 0 Å². The fourth-order valence-corrected chi connectivity index (χ4v) is 4.69. The maximum absolute atomic E-state index is 10.4. The van der Waals surface area contributed by atoms with Crippen molar-refractivity contribution in [3.63, 3.8) is 0 Å². The second-order valence-electron chi connectivity index (χ2n) is 8.63. The summed E-state index contributed by atoms with van der Waals surface area (Å²) in [5.41, 5.74) is 1.67. The van der Waals surface area contributed by atoms with Crippen LogP contribution in [0.3, 0.4) is 0 Å². The quantitative estimate of drug-likeness (QED) is 0.368. The van der Waals surface area contributed by atoms with E-state index in [1.165, 1.54) is 70.8 Å². The molecule has 2 aliphatic carbocycles. The second-order valence-corrected chi connectivity index (χ2v) is 8.63. The molecule has 2 rings (SSSR count). The molecule has 0 aromatic carbocycles. The molecule has 1 fully saturated rings. The summed E-state index contributed by atoms with van der Waals surface area (Å²) in [4.78, 5) is 2.28. The molecule has 0 spiro atoms. The number of hydrogen-bond donors (Lipinski definition) is 1. The SMILES string of the molecule is CCCCCCC=C[C@@H]1[C@H]2CC(CCCCCN(C)C)=C[C@H]2C[C@H]1O. The molecule has 0 aliphatic heterocycles. The van der Waals surface area contributed by atoms with Gasteiger partial charge in [-0.05, 0) is 77.4 Å². The van der Waals surface area contributed by atoms with E-state index in [1.807, 2.05) is 0 Å². The summed E-state index contributed by atoms with van der Waals surface area (Å²) in [5.74, 6) is 1.72. The van der Waals surface area contributed by atoms with Crippen LogP contribution in [0.2, 0.25) is 0 Å². The van der Waals surface area contributed by atoms with Crippen molar-refractivity contribution in [2.75, 3.05) is 20.6 Å². The Kier molecular flexibility index (Phi) is 9.26. The normalized spacial score (nSPS) is 28.9. The summed E-state index contributed by atoms with van der Waals surface area (Å²) in [7, 11) is 4.31. The highest BCUT2D eigenvalue weighted by molar-refractivity contribution is 5.20. The van der Waals surface area contributed by atoms with Gasteiger partial charge in [0, 0.05) is 5.92 Å². The summed E-state index contributed by atoms with van der Waals surface area (Å²) < 4.78 is 0. The molecule has 0 aromatic heterocycles. The largest absolute Gasteiger partial charge is 0.392 e. The summed E-state index contributed by atoms with van der Waals surface area (Å²) >= 11 is 0. The van der Waals surface area contributed by atoms with Crippen LogP contribution in [0, 0.1) is 17.8 Å². The first-order valence-corrected chi connectivity index (χ1v) is 10.8. The van der Waals surface area contributed by atoms with E-state index in [-0.39, 0.29) is 6.10 Å². The molecule has 2 aliphatic rings. The lowest BCUT2D eigenvalue weighted by molar-refractivity contribution is 0.141. The lowest BCUT2D eigenvalue weighted by Gasteiger charge is -2.18. The van der Waals surface area contributed by atoms with Crippen molar-refractivity contribution < 1.29 is 5.11 Å². The number of nitrogens with zero attached hydrogens (tertiary/aromatic N) is 1. The van der Waals surface area contributed by atoms with Gasteiger partial charge in [0.25, 0.3) is 0 Å². The zero-order chi connectivity index (χ0) is 18.1. The fraction of sp³-hybridized carbons (Fsp3) is 0.826. The van der Waals surface area contributed by atoms with Crippen LogP contribution < -0.4 is 0 Å². The molecule has 1 N–H and O–H groups in total. The molecule has 0 bridgehead atoms. The van der Waals surface area contributed by atoms with E-state index in [4.69, 9.17) is 0 Å². The molecular formula is C23H41NO. The van der Waals surface area contributed by atoms with Gasteiger partial charge in [-0.1, -0.05) is 56.4 Å². The van der Waals surface area contributed by atoms with Crippen molar-refractivity contribution in [3.8, 4) is 0 Å². The van der Waals surface area contributed by atoms with E-state index in [9.17, 15) is 5.11 Å². The van der Waals surface area contributed by atoms with Crippen LogP contribution in [0.1, 0.15) is 77.6 Å². The topological polar surface area (TPSA) is 23.5 Å². The van der Waals surface area contributed by atoms with Gasteiger partial charge >= 0.3 is 0 Å². The third-order valence-electron chi connectivity index (χ3n) is 6.14. The Bertz CT molecular complexity index is 426. The van der Waals surface area contributed by atoms with Crippen LogP contribution in [0.15, 0.2) is 23.8 Å². The highest BCUT2D eigenvalue weighted by Crippen LogP contribution is 2.48. The monoisotopic (exact) mass is 347 g/mol. The van der Waals surface area contributed by atoms with Crippen LogP contribution in [0.4, 0.5) is 0 Å². The van der Waals surface area contributed by atoms with E-state index in [1.54, 1.807) is 5.57 Å². The second kappa shape index (κ2) is 11.2. The predicted octanol–water partition coefficient (Wildman–Crippen LogP) is 5.58. The first-order valence-electron chi connectivity index (χ1n) is 10.8. The van der Waals surface area contributed by atoms with Crippen LogP contribution in [0.5, 0.6) is 0 Å². The summed E-state index contributed by atoms with van der Waals surface area (Å²) in [6, 6.07) is 0. The van der Waals surface area contributed by atoms with Gasteiger partial charge in [-0.15, -0.1) is 0 Å². The number of aliphatic hydroxyl groups excluding tert-OH is 1. The Morgan fingerprint density at radius 1 is 1.12 bits per heavy atom. The van der Waals surface area contributed by atoms with Crippen LogP contribution in [-0.2, 0) is 0 Å². The third kappa shape index (κ3) is 6.90. The van der Waals surface area contributed by atoms with Crippen molar-refractivity contribution in [2.45, 2.75) is 83.7 Å². The Hall–Kier alpha value is -0.600. The molecule has 2 nitrogen and oxygen atoms in total. The average Bonchev–Trinajstić information content (AvgIpc) is 3.07. The van der Waals surface area contributed by atoms with Gasteiger partial charge < -0.3 is 10.0 Å². The summed E-state index contributed by atoms with van der Waals surface area (Å²) in [6.07, 6.45) is 21.1. The molecule has 4 atom stereocenters. The van der Waals surface area contributed by atoms with Crippen LogP contribution in [-0.4, -0.2) is 36.8 Å². The van der Waals surface area contributed by atoms with Gasteiger partial charge in [0.15, 0.2) is 0 Å². The zero-order valence-electron chi connectivity index (χ0n) is 16.9. The predicted molar refractivity (Wildman–Crippen MR) is 109 cm³/mol. The average molecular weight is 348 g/mol. The molecule has 0 amide bonds.